The lowest BCUT2D eigenvalue weighted by molar-refractivity contribution is -0.386. The molecule has 0 saturated carbocycles. The van der Waals surface area contributed by atoms with Crippen LogP contribution >= 0.6 is 0 Å². The van der Waals surface area contributed by atoms with Gasteiger partial charge in [-0.25, -0.2) is 4.98 Å². The van der Waals surface area contributed by atoms with Crippen LogP contribution in [0.25, 0.3) is 0 Å². The summed E-state index contributed by atoms with van der Waals surface area (Å²) in [6.07, 6.45) is 2.94. The molecule has 6 heteroatoms. The topological polar surface area (TPSA) is 74.5 Å². The van der Waals surface area contributed by atoms with Gasteiger partial charge < -0.3 is 9.47 Å². The number of nitro groups is 1. The molecule has 0 atom stereocenters. The van der Waals surface area contributed by atoms with Crippen molar-refractivity contribution in [1.29, 1.82) is 0 Å². The van der Waals surface area contributed by atoms with Crippen molar-refractivity contribution < 1.29 is 14.4 Å². The van der Waals surface area contributed by atoms with Crippen LogP contribution in [0.3, 0.4) is 0 Å². The van der Waals surface area contributed by atoms with E-state index in [0.29, 0.717) is 13.2 Å². The van der Waals surface area contributed by atoms with Crippen LogP contribution in [-0.2, 0) is 4.74 Å². The lowest BCUT2D eigenvalue weighted by Crippen LogP contribution is -2.26. The summed E-state index contributed by atoms with van der Waals surface area (Å²) in [6.45, 7) is 1.26. The molecular formula is C10H12N2O4. The zero-order chi connectivity index (χ0) is 11.4. The van der Waals surface area contributed by atoms with Crippen LogP contribution in [0, 0.1) is 10.1 Å². The van der Waals surface area contributed by atoms with Gasteiger partial charge >= 0.3 is 5.69 Å². The van der Waals surface area contributed by atoms with Crippen molar-refractivity contribution in [2.24, 2.45) is 0 Å². The van der Waals surface area contributed by atoms with Crippen molar-refractivity contribution in [1.82, 2.24) is 4.98 Å². The maximum absolute atomic E-state index is 10.7. The molecule has 1 aliphatic rings. The number of hydrogen-bond acceptors (Lipinski definition) is 5. The number of aromatic nitrogens is 1. The van der Waals surface area contributed by atoms with E-state index in [9.17, 15) is 10.1 Å². The molecule has 0 spiro atoms. The third kappa shape index (κ3) is 2.46. The zero-order valence-corrected chi connectivity index (χ0v) is 8.67. The van der Waals surface area contributed by atoms with E-state index in [1.54, 1.807) is 0 Å². The van der Waals surface area contributed by atoms with Gasteiger partial charge in [0, 0.05) is 25.1 Å². The Bertz CT molecular complexity index is 377. The Morgan fingerprint density at radius 3 is 2.94 bits per heavy atom. The molecule has 2 rings (SSSR count). The van der Waals surface area contributed by atoms with Crippen LogP contribution < -0.4 is 4.74 Å². The molecule has 0 radical (unpaired) electrons. The summed E-state index contributed by atoms with van der Waals surface area (Å²) in [6, 6.07) is 2.91. The molecule has 0 bridgehead atoms. The first-order valence-corrected chi connectivity index (χ1v) is 5.11. The quantitative estimate of drug-likeness (QED) is 0.575. The number of pyridine rings is 1. The lowest BCUT2D eigenvalue weighted by Gasteiger charge is -2.22. The molecule has 0 unspecified atom stereocenters. The van der Waals surface area contributed by atoms with Crippen LogP contribution in [0.4, 0.5) is 5.69 Å². The number of ether oxygens (including phenoxy) is 2. The maximum atomic E-state index is 10.7. The third-order valence-corrected chi connectivity index (χ3v) is 2.39. The van der Waals surface area contributed by atoms with E-state index in [1.165, 1.54) is 18.3 Å². The van der Waals surface area contributed by atoms with Crippen LogP contribution in [0.2, 0.25) is 0 Å². The largest absolute Gasteiger partial charge is 0.469 e. The highest BCUT2D eigenvalue weighted by atomic mass is 16.6. The van der Waals surface area contributed by atoms with E-state index < -0.39 is 4.92 Å². The maximum Gasteiger partial charge on any atom is 0.330 e. The van der Waals surface area contributed by atoms with Crippen molar-refractivity contribution in [3.63, 3.8) is 0 Å². The summed E-state index contributed by atoms with van der Waals surface area (Å²) < 4.78 is 10.7. The predicted molar refractivity (Wildman–Crippen MR) is 55.4 cm³/mol. The van der Waals surface area contributed by atoms with Gasteiger partial charge in [-0.05, 0) is 6.07 Å². The Kier molecular flexibility index (Phi) is 3.31. The fourth-order valence-electron chi connectivity index (χ4n) is 1.56. The van der Waals surface area contributed by atoms with E-state index in [0.717, 1.165) is 12.8 Å². The summed E-state index contributed by atoms with van der Waals surface area (Å²) in [5, 5.41) is 10.7. The van der Waals surface area contributed by atoms with Crippen LogP contribution in [0.5, 0.6) is 5.88 Å². The molecule has 1 saturated heterocycles. The second-order valence-corrected chi connectivity index (χ2v) is 3.51. The first-order valence-electron chi connectivity index (χ1n) is 5.11. The van der Waals surface area contributed by atoms with Gasteiger partial charge in [-0.1, -0.05) is 0 Å². The van der Waals surface area contributed by atoms with Gasteiger partial charge in [0.25, 0.3) is 5.88 Å². The molecule has 1 aromatic rings. The molecule has 6 nitrogen and oxygen atoms in total. The van der Waals surface area contributed by atoms with Crippen molar-refractivity contribution in [3.05, 3.63) is 28.4 Å². The fraction of sp³-hybridized carbons (Fsp3) is 0.500. The Labute approximate surface area is 92.3 Å². The lowest BCUT2D eigenvalue weighted by atomic mass is 10.1. The summed E-state index contributed by atoms with van der Waals surface area (Å²) in [5.41, 5.74) is -0.0889. The molecular weight excluding hydrogens is 212 g/mol. The van der Waals surface area contributed by atoms with Crippen LogP contribution in [0.1, 0.15) is 12.8 Å². The summed E-state index contributed by atoms with van der Waals surface area (Å²) in [5.74, 6) is 0.0967. The van der Waals surface area contributed by atoms with Gasteiger partial charge in [0.2, 0.25) is 0 Å². The number of nitrogens with zero attached hydrogens (tertiary/aromatic N) is 2. The normalized spacial score (nSPS) is 17.0. The number of hydrogen-bond donors (Lipinski definition) is 0. The fourth-order valence-corrected chi connectivity index (χ4v) is 1.56. The molecule has 86 valence electrons. The van der Waals surface area contributed by atoms with Crippen LogP contribution in [-0.4, -0.2) is 29.2 Å². The van der Waals surface area contributed by atoms with Gasteiger partial charge in [-0.15, -0.1) is 0 Å². The molecule has 1 fully saturated rings. The van der Waals surface area contributed by atoms with Crippen molar-refractivity contribution >= 4 is 5.69 Å². The van der Waals surface area contributed by atoms with Crippen molar-refractivity contribution in [2.45, 2.75) is 18.9 Å². The molecule has 2 heterocycles. The van der Waals surface area contributed by atoms with E-state index in [1.807, 2.05) is 0 Å². The van der Waals surface area contributed by atoms with E-state index in [4.69, 9.17) is 9.47 Å². The highest BCUT2D eigenvalue weighted by Crippen LogP contribution is 2.25. The standard InChI is InChI=1S/C10H12N2O4/c13-12(14)9-2-1-5-11-10(9)16-8-3-6-15-7-4-8/h1-2,5,8H,3-4,6-7H2. The van der Waals surface area contributed by atoms with Crippen molar-refractivity contribution in [3.8, 4) is 5.88 Å². The van der Waals surface area contributed by atoms with E-state index in [2.05, 4.69) is 4.98 Å². The number of rotatable bonds is 3. The van der Waals surface area contributed by atoms with Gasteiger partial charge in [-0.3, -0.25) is 10.1 Å². The van der Waals surface area contributed by atoms with E-state index >= 15 is 0 Å². The van der Waals surface area contributed by atoms with E-state index in [-0.39, 0.29) is 17.7 Å². The monoisotopic (exact) mass is 224 g/mol. The molecule has 0 aromatic carbocycles. The Hall–Kier alpha value is -1.69. The molecule has 1 aromatic heterocycles. The third-order valence-electron chi connectivity index (χ3n) is 2.39. The second kappa shape index (κ2) is 4.89. The first-order chi connectivity index (χ1) is 7.77. The van der Waals surface area contributed by atoms with Gasteiger partial charge in [0.05, 0.1) is 18.1 Å². The smallest absolute Gasteiger partial charge is 0.330 e. The minimum Gasteiger partial charge on any atom is -0.469 e. The zero-order valence-electron chi connectivity index (χ0n) is 8.67. The highest BCUT2D eigenvalue weighted by Gasteiger charge is 2.21. The van der Waals surface area contributed by atoms with Gasteiger partial charge in [0.1, 0.15) is 6.10 Å². The highest BCUT2D eigenvalue weighted by molar-refractivity contribution is 5.39. The Balaban J connectivity index is 2.10. The molecule has 0 N–H and O–H groups in total. The SMILES string of the molecule is O=[N+]([O-])c1cccnc1OC1CCOCC1. The molecule has 1 aliphatic heterocycles. The molecule has 0 amide bonds. The predicted octanol–water partition coefficient (Wildman–Crippen LogP) is 1.55. The summed E-state index contributed by atoms with van der Waals surface area (Å²) in [4.78, 5) is 14.1. The first kappa shape index (κ1) is 10.8. The van der Waals surface area contributed by atoms with Crippen molar-refractivity contribution in [2.75, 3.05) is 13.2 Å². The average Bonchev–Trinajstić information content (AvgIpc) is 2.31. The summed E-state index contributed by atoms with van der Waals surface area (Å²) >= 11 is 0. The average molecular weight is 224 g/mol. The van der Waals surface area contributed by atoms with Gasteiger partial charge in [0.15, 0.2) is 0 Å². The Morgan fingerprint density at radius 1 is 1.50 bits per heavy atom. The van der Waals surface area contributed by atoms with Gasteiger partial charge in [-0.2, -0.15) is 0 Å². The minimum absolute atomic E-state index is 0.0395. The second-order valence-electron chi connectivity index (χ2n) is 3.51. The van der Waals surface area contributed by atoms with Crippen LogP contribution in [0.15, 0.2) is 18.3 Å². The summed E-state index contributed by atoms with van der Waals surface area (Å²) in [7, 11) is 0. The molecule has 16 heavy (non-hydrogen) atoms. The Morgan fingerprint density at radius 2 is 2.25 bits per heavy atom. The molecule has 0 aliphatic carbocycles. The minimum atomic E-state index is -0.484.